The van der Waals surface area contributed by atoms with Crippen LogP contribution in [0.5, 0.6) is 0 Å². The molecule has 4 aliphatic carbocycles. The highest BCUT2D eigenvalue weighted by Crippen LogP contribution is 2.66. The molecule has 4 rings (SSSR count). The van der Waals surface area contributed by atoms with Gasteiger partial charge in [0.1, 0.15) is 5.78 Å². The van der Waals surface area contributed by atoms with E-state index in [0.29, 0.717) is 34.9 Å². The van der Waals surface area contributed by atoms with Crippen LogP contribution in [0.25, 0.3) is 0 Å². The van der Waals surface area contributed by atoms with Gasteiger partial charge in [0.05, 0.1) is 0 Å². The summed E-state index contributed by atoms with van der Waals surface area (Å²) < 4.78 is 4.98. The summed E-state index contributed by atoms with van der Waals surface area (Å²) in [5, 5.41) is 0. The highest BCUT2D eigenvalue weighted by Gasteiger charge is 2.59. The van der Waals surface area contributed by atoms with E-state index in [9.17, 15) is 14.4 Å². The largest absolute Gasteiger partial charge is 0.457 e. The van der Waals surface area contributed by atoms with Gasteiger partial charge in [-0.3, -0.25) is 14.4 Å². The number of carbonyl (C=O) groups is 3. The van der Waals surface area contributed by atoms with Crippen molar-refractivity contribution in [3.63, 3.8) is 0 Å². The Kier molecular flexibility index (Phi) is 4.59. The van der Waals surface area contributed by atoms with Crippen LogP contribution in [-0.2, 0) is 19.1 Å². The van der Waals surface area contributed by atoms with Gasteiger partial charge < -0.3 is 4.74 Å². The summed E-state index contributed by atoms with van der Waals surface area (Å²) in [5.41, 5.74) is 1.12. The molecule has 1 unspecified atom stereocenters. The van der Waals surface area contributed by atoms with Crippen molar-refractivity contribution in [2.75, 3.05) is 6.61 Å². The lowest BCUT2D eigenvalue weighted by atomic mass is 9.44. The summed E-state index contributed by atoms with van der Waals surface area (Å²) in [6.07, 6.45) is 10.2. The Morgan fingerprint density at radius 1 is 1.15 bits per heavy atom. The van der Waals surface area contributed by atoms with Crippen LogP contribution in [0.2, 0.25) is 0 Å². The highest BCUT2D eigenvalue weighted by atomic mass is 16.5. The monoisotopic (exact) mass is 372 g/mol. The molecule has 4 aliphatic rings. The van der Waals surface area contributed by atoms with Crippen molar-refractivity contribution in [3.05, 3.63) is 11.6 Å². The second kappa shape index (κ2) is 6.56. The van der Waals surface area contributed by atoms with Crippen LogP contribution in [0, 0.1) is 34.5 Å². The fourth-order valence-electron chi connectivity index (χ4n) is 7.29. The fraction of sp³-hybridized carbons (Fsp3) is 0.783. The third-order valence-corrected chi connectivity index (χ3v) is 8.77. The maximum atomic E-state index is 12.7. The predicted octanol–water partition coefficient (Wildman–Crippen LogP) is 4.27. The molecule has 0 bridgehead atoms. The topological polar surface area (TPSA) is 60.4 Å². The summed E-state index contributed by atoms with van der Waals surface area (Å²) in [6, 6.07) is 0. The van der Waals surface area contributed by atoms with E-state index in [-0.39, 0.29) is 17.8 Å². The van der Waals surface area contributed by atoms with Crippen molar-refractivity contribution in [1.29, 1.82) is 0 Å². The molecule has 0 saturated heterocycles. The quantitative estimate of drug-likeness (QED) is 0.694. The maximum absolute atomic E-state index is 12.7. The minimum Gasteiger partial charge on any atom is -0.457 e. The molecule has 4 nitrogen and oxygen atoms in total. The lowest BCUT2D eigenvalue weighted by Gasteiger charge is -2.60. The normalized spacial score (nSPS) is 43.2. The minimum absolute atomic E-state index is 0.0168. The van der Waals surface area contributed by atoms with E-state index in [4.69, 9.17) is 4.74 Å². The fourth-order valence-corrected chi connectivity index (χ4v) is 7.29. The van der Waals surface area contributed by atoms with Gasteiger partial charge in [0.25, 0.3) is 0 Å². The molecule has 0 N–H and O–H groups in total. The lowest BCUT2D eigenvalue weighted by Crippen LogP contribution is -2.53. The molecule has 148 valence electrons. The molecule has 0 aromatic rings. The molecule has 0 aromatic heterocycles. The van der Waals surface area contributed by atoms with Crippen molar-refractivity contribution in [2.24, 2.45) is 34.5 Å². The second-order valence-corrected chi connectivity index (χ2v) is 9.91. The SMILES string of the molecule is CC(=O)OCC(=O)C1=CC[C@H]2[C@@H]3CCC4CC(=O)CC[C@]4(C)[C@H]3CC[C@]12C. The van der Waals surface area contributed by atoms with Crippen LogP contribution in [0.15, 0.2) is 11.6 Å². The number of carbonyl (C=O) groups excluding carboxylic acids is 3. The molecule has 0 spiro atoms. The van der Waals surface area contributed by atoms with E-state index >= 15 is 0 Å². The Bertz CT molecular complexity index is 707. The number of ketones is 2. The average molecular weight is 373 g/mol. The minimum atomic E-state index is -0.398. The first-order valence-corrected chi connectivity index (χ1v) is 10.6. The Labute approximate surface area is 162 Å². The second-order valence-electron chi connectivity index (χ2n) is 9.91. The van der Waals surface area contributed by atoms with Gasteiger partial charge in [-0.1, -0.05) is 19.9 Å². The first kappa shape index (κ1) is 18.9. The maximum Gasteiger partial charge on any atom is 0.303 e. The van der Waals surface area contributed by atoms with Crippen LogP contribution in [-0.4, -0.2) is 24.1 Å². The zero-order valence-corrected chi connectivity index (χ0v) is 16.9. The highest BCUT2D eigenvalue weighted by molar-refractivity contribution is 5.99. The van der Waals surface area contributed by atoms with E-state index in [1.54, 1.807) is 0 Å². The first-order chi connectivity index (χ1) is 12.8. The molecule has 27 heavy (non-hydrogen) atoms. The van der Waals surface area contributed by atoms with Crippen LogP contribution < -0.4 is 0 Å². The van der Waals surface area contributed by atoms with Crippen LogP contribution in [0.4, 0.5) is 0 Å². The standard InChI is InChI=1S/C23H32O4/c1-14(24)27-13-21(26)20-7-6-18-17-5-4-15-12-16(25)8-10-22(15,2)19(17)9-11-23(18,20)3/h7,15,17-19H,4-6,8-13H2,1-3H3/t15?,17-,18-,19-,22-,23-/m0/s1. The van der Waals surface area contributed by atoms with Crippen molar-refractivity contribution in [2.45, 2.75) is 72.1 Å². The number of hydrogen-bond donors (Lipinski definition) is 0. The Hall–Kier alpha value is -1.45. The Morgan fingerprint density at radius 3 is 2.67 bits per heavy atom. The van der Waals surface area contributed by atoms with Gasteiger partial charge in [0, 0.05) is 25.3 Å². The molecule has 3 saturated carbocycles. The number of Topliss-reactive ketones (excluding diaryl/α,β-unsaturated/α-hetero) is 2. The molecule has 0 aliphatic heterocycles. The molecule has 0 amide bonds. The average Bonchev–Trinajstić information content (AvgIpc) is 2.97. The van der Waals surface area contributed by atoms with Gasteiger partial charge in [-0.15, -0.1) is 0 Å². The third kappa shape index (κ3) is 2.91. The van der Waals surface area contributed by atoms with Gasteiger partial charge >= 0.3 is 5.97 Å². The summed E-state index contributed by atoms with van der Waals surface area (Å²) in [7, 11) is 0. The van der Waals surface area contributed by atoms with E-state index in [2.05, 4.69) is 19.9 Å². The van der Waals surface area contributed by atoms with Crippen LogP contribution in [0.1, 0.15) is 72.1 Å². The van der Waals surface area contributed by atoms with E-state index in [0.717, 1.165) is 50.5 Å². The summed E-state index contributed by atoms with van der Waals surface area (Å²) in [5.74, 6) is 2.44. The third-order valence-electron chi connectivity index (χ3n) is 8.77. The number of fused-ring (bicyclic) bond motifs is 5. The molecule has 0 heterocycles. The Morgan fingerprint density at radius 2 is 1.93 bits per heavy atom. The number of rotatable bonds is 3. The lowest BCUT2D eigenvalue weighted by molar-refractivity contribution is -0.145. The van der Waals surface area contributed by atoms with E-state index < -0.39 is 5.97 Å². The van der Waals surface area contributed by atoms with Crippen LogP contribution >= 0.6 is 0 Å². The first-order valence-electron chi connectivity index (χ1n) is 10.6. The number of esters is 1. The molecular formula is C23H32O4. The summed E-state index contributed by atoms with van der Waals surface area (Å²) >= 11 is 0. The molecule has 6 atom stereocenters. The van der Waals surface area contributed by atoms with Crippen LogP contribution in [0.3, 0.4) is 0 Å². The zero-order chi connectivity index (χ0) is 19.4. The van der Waals surface area contributed by atoms with Gasteiger partial charge in [-0.05, 0) is 73.0 Å². The predicted molar refractivity (Wildman–Crippen MR) is 102 cm³/mol. The number of ether oxygens (including phenoxy) is 1. The number of hydrogen-bond acceptors (Lipinski definition) is 4. The molecule has 3 fully saturated rings. The Balaban J connectivity index is 1.54. The van der Waals surface area contributed by atoms with Gasteiger partial charge in [-0.2, -0.15) is 0 Å². The molecule has 0 aromatic carbocycles. The van der Waals surface area contributed by atoms with E-state index in [1.165, 1.54) is 13.3 Å². The summed E-state index contributed by atoms with van der Waals surface area (Å²) in [6.45, 7) is 5.93. The van der Waals surface area contributed by atoms with Crippen molar-refractivity contribution < 1.29 is 19.1 Å². The van der Waals surface area contributed by atoms with Crippen molar-refractivity contribution in [3.8, 4) is 0 Å². The van der Waals surface area contributed by atoms with Gasteiger partial charge in [0.2, 0.25) is 0 Å². The molecule has 0 radical (unpaired) electrons. The molecule has 4 heteroatoms. The smallest absolute Gasteiger partial charge is 0.303 e. The molecular weight excluding hydrogens is 340 g/mol. The van der Waals surface area contributed by atoms with Gasteiger partial charge in [-0.25, -0.2) is 0 Å². The number of allylic oxidation sites excluding steroid dienone is 1. The van der Waals surface area contributed by atoms with Crippen molar-refractivity contribution in [1.82, 2.24) is 0 Å². The van der Waals surface area contributed by atoms with Gasteiger partial charge in [0.15, 0.2) is 12.4 Å². The zero-order valence-electron chi connectivity index (χ0n) is 16.9. The van der Waals surface area contributed by atoms with E-state index in [1.807, 2.05) is 0 Å². The van der Waals surface area contributed by atoms with Crippen molar-refractivity contribution >= 4 is 17.5 Å². The summed E-state index contributed by atoms with van der Waals surface area (Å²) in [4.78, 5) is 35.8.